The minimum Gasteiger partial charge on any atom is -0.406 e. The highest BCUT2D eigenvalue weighted by molar-refractivity contribution is 7.89. The van der Waals surface area contributed by atoms with Crippen LogP contribution in [0.2, 0.25) is 0 Å². The lowest BCUT2D eigenvalue weighted by molar-refractivity contribution is -0.274. The van der Waals surface area contributed by atoms with E-state index in [2.05, 4.69) is 9.84 Å². The zero-order valence-corrected chi connectivity index (χ0v) is 16.1. The van der Waals surface area contributed by atoms with Crippen molar-refractivity contribution in [3.8, 4) is 11.4 Å². The van der Waals surface area contributed by atoms with Crippen LogP contribution in [0.1, 0.15) is 12.1 Å². The van der Waals surface area contributed by atoms with Crippen LogP contribution in [0.5, 0.6) is 5.75 Å². The average Bonchev–Trinajstić information content (AvgIpc) is 3.06. The number of sulfonamides is 1. The van der Waals surface area contributed by atoms with Crippen molar-refractivity contribution in [2.24, 2.45) is 5.14 Å². The summed E-state index contributed by atoms with van der Waals surface area (Å²) in [6.45, 7) is 0. The molecule has 1 aromatic heterocycles. The lowest BCUT2D eigenvalue weighted by atomic mass is 10.1. The summed E-state index contributed by atoms with van der Waals surface area (Å²) in [4.78, 5) is -0.180. The molecule has 31 heavy (non-hydrogen) atoms. The van der Waals surface area contributed by atoms with Crippen molar-refractivity contribution in [3.05, 3.63) is 60.3 Å². The lowest BCUT2D eigenvalue weighted by Crippen LogP contribution is -2.16. The summed E-state index contributed by atoms with van der Waals surface area (Å²) < 4.78 is 92.7. The Morgan fingerprint density at radius 3 is 2.19 bits per heavy atom. The zero-order valence-electron chi connectivity index (χ0n) is 15.3. The molecule has 0 fully saturated rings. The maximum absolute atomic E-state index is 13.6. The number of primary sulfonamides is 1. The van der Waals surface area contributed by atoms with Crippen LogP contribution in [0.3, 0.4) is 0 Å². The largest absolute Gasteiger partial charge is 0.573 e. The van der Waals surface area contributed by atoms with Crippen LogP contribution >= 0.6 is 0 Å². The van der Waals surface area contributed by atoms with Gasteiger partial charge in [0.15, 0.2) is 0 Å². The Labute approximate surface area is 171 Å². The molecule has 4 rings (SSSR count). The van der Waals surface area contributed by atoms with Gasteiger partial charge >= 0.3 is 6.36 Å². The van der Waals surface area contributed by atoms with E-state index in [1.807, 2.05) is 0 Å². The third kappa shape index (κ3) is 4.03. The summed E-state index contributed by atoms with van der Waals surface area (Å²) in [6.07, 6.45) is -7.80. The van der Waals surface area contributed by atoms with Gasteiger partial charge in [-0.25, -0.2) is 27.0 Å². The van der Waals surface area contributed by atoms with Crippen LogP contribution in [0, 0.1) is 0 Å². The molecule has 4 aromatic rings. The van der Waals surface area contributed by atoms with Crippen molar-refractivity contribution in [2.75, 3.05) is 0 Å². The molecular formula is C19H12F5N3O3S. The Kier molecular flexibility index (Phi) is 4.85. The van der Waals surface area contributed by atoms with Gasteiger partial charge in [-0.15, -0.1) is 13.2 Å². The Bertz CT molecular complexity index is 1400. The van der Waals surface area contributed by atoms with Gasteiger partial charge in [0.05, 0.1) is 16.1 Å². The van der Waals surface area contributed by atoms with Crippen LogP contribution in [-0.4, -0.2) is 24.6 Å². The highest BCUT2D eigenvalue weighted by atomic mass is 32.2. The van der Waals surface area contributed by atoms with E-state index in [1.165, 1.54) is 47.1 Å². The van der Waals surface area contributed by atoms with E-state index in [9.17, 15) is 30.4 Å². The van der Waals surface area contributed by atoms with Gasteiger partial charge < -0.3 is 4.74 Å². The van der Waals surface area contributed by atoms with Gasteiger partial charge in [-0.2, -0.15) is 5.10 Å². The van der Waals surface area contributed by atoms with Gasteiger partial charge in [0.1, 0.15) is 11.4 Å². The number of rotatable bonds is 4. The molecule has 0 aliphatic heterocycles. The molecule has 6 nitrogen and oxygen atoms in total. The van der Waals surface area contributed by atoms with Gasteiger partial charge in [-0.1, -0.05) is 12.1 Å². The summed E-state index contributed by atoms with van der Waals surface area (Å²) in [7, 11) is -3.96. The quantitative estimate of drug-likeness (QED) is 0.452. The number of hydrogen-bond acceptors (Lipinski definition) is 4. The predicted octanol–water partition coefficient (Wildman–Crippen LogP) is 4.66. The Hall–Kier alpha value is -3.25. The number of aromatic nitrogens is 2. The molecule has 2 N–H and O–H groups in total. The van der Waals surface area contributed by atoms with E-state index in [1.54, 1.807) is 0 Å². The maximum Gasteiger partial charge on any atom is 0.573 e. The Morgan fingerprint density at radius 1 is 0.968 bits per heavy atom. The van der Waals surface area contributed by atoms with Crippen LogP contribution in [0.25, 0.3) is 27.4 Å². The van der Waals surface area contributed by atoms with E-state index < -0.39 is 34.3 Å². The second-order valence-electron chi connectivity index (χ2n) is 6.53. The fourth-order valence-corrected chi connectivity index (χ4v) is 3.78. The van der Waals surface area contributed by atoms with Gasteiger partial charge in [0.2, 0.25) is 10.0 Å². The van der Waals surface area contributed by atoms with Crippen molar-refractivity contribution in [2.45, 2.75) is 17.7 Å². The monoisotopic (exact) mass is 457 g/mol. The second kappa shape index (κ2) is 7.17. The van der Waals surface area contributed by atoms with Crippen molar-refractivity contribution in [3.63, 3.8) is 0 Å². The number of fused-ring (bicyclic) bond motifs is 3. The highest BCUT2D eigenvalue weighted by Gasteiger charge is 2.31. The average molecular weight is 457 g/mol. The predicted molar refractivity (Wildman–Crippen MR) is 102 cm³/mol. The topological polar surface area (TPSA) is 87.2 Å². The summed E-state index contributed by atoms with van der Waals surface area (Å²) >= 11 is 0. The molecule has 162 valence electrons. The number of alkyl halides is 5. The van der Waals surface area contributed by atoms with Crippen LogP contribution in [-0.2, 0) is 10.0 Å². The first-order valence-corrected chi connectivity index (χ1v) is 10.1. The number of benzene rings is 3. The summed E-state index contributed by atoms with van der Waals surface area (Å²) in [6, 6.07) is 11.3. The van der Waals surface area contributed by atoms with E-state index in [-0.39, 0.29) is 21.5 Å². The minimum absolute atomic E-state index is 0.0995. The number of halogens is 5. The third-order valence-corrected chi connectivity index (χ3v) is 5.44. The van der Waals surface area contributed by atoms with E-state index in [0.717, 1.165) is 12.1 Å². The summed E-state index contributed by atoms with van der Waals surface area (Å²) in [5.74, 6) is -0.461. The van der Waals surface area contributed by atoms with Gasteiger partial charge in [-0.05, 0) is 47.9 Å². The molecule has 0 aliphatic carbocycles. The lowest BCUT2D eigenvalue weighted by Gasteiger charge is -2.11. The Morgan fingerprint density at radius 2 is 1.61 bits per heavy atom. The number of nitrogens with zero attached hydrogens (tertiary/aromatic N) is 2. The third-order valence-electron chi connectivity index (χ3n) is 4.51. The number of ether oxygens (including phenoxy) is 1. The molecule has 0 bridgehead atoms. The Balaban J connectivity index is 1.95. The number of nitrogens with two attached hydrogens (primary N) is 1. The molecule has 1 heterocycles. The second-order valence-corrected chi connectivity index (χ2v) is 8.09. The highest BCUT2D eigenvalue weighted by Crippen LogP contribution is 2.36. The minimum atomic E-state index is -4.88. The fourth-order valence-electron chi connectivity index (χ4n) is 3.26. The van der Waals surface area contributed by atoms with Crippen LogP contribution < -0.4 is 9.88 Å². The molecule has 0 amide bonds. The van der Waals surface area contributed by atoms with Crippen molar-refractivity contribution < 1.29 is 35.1 Å². The van der Waals surface area contributed by atoms with Crippen LogP contribution in [0.15, 0.2) is 59.5 Å². The first kappa shape index (κ1) is 21.0. The van der Waals surface area contributed by atoms with Gasteiger partial charge in [0, 0.05) is 10.8 Å². The number of hydrogen-bond donors (Lipinski definition) is 1. The normalized spacial score (nSPS) is 12.7. The molecule has 0 atom stereocenters. The first-order chi connectivity index (χ1) is 14.4. The molecule has 3 aromatic carbocycles. The van der Waals surface area contributed by atoms with Gasteiger partial charge in [0.25, 0.3) is 6.43 Å². The fraction of sp³-hybridized carbons (Fsp3) is 0.105. The van der Waals surface area contributed by atoms with E-state index >= 15 is 0 Å². The van der Waals surface area contributed by atoms with Crippen molar-refractivity contribution >= 4 is 31.7 Å². The summed E-state index contributed by atoms with van der Waals surface area (Å²) in [5.41, 5.74) is -0.0508. The van der Waals surface area contributed by atoms with E-state index in [4.69, 9.17) is 5.14 Å². The molecule has 0 saturated carbocycles. The van der Waals surface area contributed by atoms with Crippen LogP contribution in [0.4, 0.5) is 22.0 Å². The molecule has 0 unspecified atom stereocenters. The van der Waals surface area contributed by atoms with Gasteiger partial charge in [-0.3, -0.25) is 0 Å². The standard InChI is InChI=1S/C19H12F5N3O3S/c20-18(21)16-15-7-1-10-9-12(30-19(22,23)24)4-8-14(10)17(15)27(26-16)11-2-5-13(6-3-11)31(25,28)29/h1-9,18H,(H2,25,28,29). The van der Waals surface area contributed by atoms with Crippen molar-refractivity contribution in [1.29, 1.82) is 0 Å². The first-order valence-electron chi connectivity index (χ1n) is 8.56. The molecule has 0 radical (unpaired) electrons. The SMILES string of the molecule is NS(=O)(=O)c1ccc(-n2nc(C(F)F)c3ccc4cc(OC(F)(F)F)ccc4c32)cc1. The zero-order chi connectivity index (χ0) is 22.6. The molecule has 0 aliphatic rings. The summed E-state index contributed by atoms with van der Waals surface area (Å²) in [5, 5.41) is 9.78. The van der Waals surface area contributed by atoms with E-state index in [0.29, 0.717) is 10.8 Å². The maximum atomic E-state index is 13.6. The van der Waals surface area contributed by atoms with Crippen molar-refractivity contribution in [1.82, 2.24) is 9.78 Å². The molecule has 0 saturated heterocycles. The molecular weight excluding hydrogens is 445 g/mol. The molecule has 12 heteroatoms. The molecule has 0 spiro atoms. The smallest absolute Gasteiger partial charge is 0.406 e.